The lowest BCUT2D eigenvalue weighted by Gasteiger charge is -2.00. The molecule has 0 fully saturated rings. The van der Waals surface area contributed by atoms with Crippen LogP contribution in [-0.2, 0) is 6.54 Å². The Morgan fingerprint density at radius 3 is 3.00 bits per heavy atom. The van der Waals surface area contributed by atoms with Gasteiger partial charge in [-0.3, -0.25) is 4.79 Å². The smallest absolute Gasteiger partial charge is 0.252 e. The highest BCUT2D eigenvalue weighted by molar-refractivity contribution is 7.12. The number of carbonyl (C=O) groups is 1. The van der Waals surface area contributed by atoms with E-state index in [1.54, 1.807) is 17.4 Å². The summed E-state index contributed by atoms with van der Waals surface area (Å²) >= 11 is 3.15. The van der Waals surface area contributed by atoms with E-state index >= 15 is 0 Å². The maximum absolute atomic E-state index is 11.9. The first-order chi connectivity index (χ1) is 9.19. The van der Waals surface area contributed by atoms with Gasteiger partial charge in [0.1, 0.15) is 0 Å². The fraction of sp³-hybridized carbons (Fsp3) is 0.214. The molecule has 0 aliphatic rings. The van der Waals surface area contributed by atoms with Crippen molar-refractivity contribution in [2.24, 2.45) is 5.73 Å². The molecule has 3 N–H and O–H groups in total. The Morgan fingerprint density at radius 1 is 1.47 bits per heavy atom. The van der Waals surface area contributed by atoms with Crippen LogP contribution in [0.3, 0.4) is 0 Å². The predicted molar refractivity (Wildman–Crippen MR) is 80.5 cm³/mol. The molecule has 5 heteroatoms. The number of carbonyl (C=O) groups excluding carboxylic acids is 1. The first-order valence-corrected chi connectivity index (χ1v) is 7.49. The molecule has 2 heterocycles. The summed E-state index contributed by atoms with van der Waals surface area (Å²) in [6.07, 6.45) is 0. The van der Waals surface area contributed by atoms with E-state index in [9.17, 15) is 4.79 Å². The number of thiophene rings is 2. The van der Waals surface area contributed by atoms with E-state index in [0.717, 1.165) is 9.75 Å². The van der Waals surface area contributed by atoms with Crippen molar-refractivity contribution in [2.75, 3.05) is 6.54 Å². The number of aryl methyl sites for hydroxylation is 1. The Balaban J connectivity index is 1.94. The largest absolute Gasteiger partial charge is 0.347 e. The zero-order valence-electron chi connectivity index (χ0n) is 10.5. The topological polar surface area (TPSA) is 55.1 Å². The Labute approximate surface area is 120 Å². The van der Waals surface area contributed by atoms with Crippen LogP contribution >= 0.6 is 22.7 Å². The van der Waals surface area contributed by atoms with Crippen LogP contribution in [0.15, 0.2) is 23.6 Å². The van der Waals surface area contributed by atoms with Crippen molar-refractivity contribution < 1.29 is 4.79 Å². The maximum Gasteiger partial charge on any atom is 0.252 e. The van der Waals surface area contributed by atoms with Crippen molar-refractivity contribution in [1.29, 1.82) is 0 Å². The molecule has 3 nitrogen and oxygen atoms in total. The fourth-order valence-electron chi connectivity index (χ4n) is 1.51. The number of amides is 1. The Bertz CT molecular complexity index is 631. The molecule has 0 atom stereocenters. The standard InChI is InChI=1S/C14H14N2OS2/c1-10-4-5-13(19-10)8-16-14(17)11-7-12(18-9-11)3-2-6-15/h4-5,7,9H,6,8,15H2,1H3,(H,16,17). The summed E-state index contributed by atoms with van der Waals surface area (Å²) in [5, 5.41) is 4.72. The molecule has 2 rings (SSSR count). The lowest BCUT2D eigenvalue weighted by molar-refractivity contribution is 0.0952. The molecule has 0 saturated heterocycles. The lowest BCUT2D eigenvalue weighted by atomic mass is 10.3. The number of hydrogen-bond acceptors (Lipinski definition) is 4. The molecular formula is C14H14N2OS2. The van der Waals surface area contributed by atoms with Crippen LogP contribution in [0, 0.1) is 18.8 Å². The summed E-state index contributed by atoms with van der Waals surface area (Å²) in [5.74, 6) is 5.63. The zero-order chi connectivity index (χ0) is 13.7. The second-order valence-electron chi connectivity index (χ2n) is 3.90. The average molecular weight is 290 g/mol. The number of rotatable bonds is 3. The van der Waals surface area contributed by atoms with Gasteiger partial charge in [-0.1, -0.05) is 11.8 Å². The van der Waals surface area contributed by atoms with Crippen molar-refractivity contribution in [3.8, 4) is 11.8 Å². The molecular weight excluding hydrogens is 276 g/mol. The van der Waals surface area contributed by atoms with Crippen molar-refractivity contribution >= 4 is 28.6 Å². The van der Waals surface area contributed by atoms with Crippen molar-refractivity contribution in [3.05, 3.63) is 43.8 Å². The van der Waals surface area contributed by atoms with E-state index in [0.29, 0.717) is 18.7 Å². The summed E-state index contributed by atoms with van der Waals surface area (Å²) in [5.41, 5.74) is 5.96. The molecule has 0 aliphatic carbocycles. The molecule has 1 amide bonds. The van der Waals surface area contributed by atoms with Gasteiger partial charge >= 0.3 is 0 Å². The molecule has 2 aromatic heterocycles. The van der Waals surface area contributed by atoms with Crippen LogP contribution in [0.25, 0.3) is 0 Å². The first kappa shape index (κ1) is 13.8. The van der Waals surface area contributed by atoms with Gasteiger partial charge in [0.25, 0.3) is 5.91 Å². The monoisotopic (exact) mass is 290 g/mol. The van der Waals surface area contributed by atoms with Crippen LogP contribution in [-0.4, -0.2) is 12.5 Å². The van der Waals surface area contributed by atoms with E-state index in [4.69, 9.17) is 5.73 Å². The minimum atomic E-state index is -0.0666. The van der Waals surface area contributed by atoms with Gasteiger partial charge < -0.3 is 11.1 Å². The third-order valence-electron chi connectivity index (χ3n) is 2.39. The number of hydrogen-bond donors (Lipinski definition) is 2. The van der Waals surface area contributed by atoms with Crippen LogP contribution in [0.1, 0.15) is 25.0 Å². The van der Waals surface area contributed by atoms with E-state index in [2.05, 4.69) is 30.1 Å². The van der Waals surface area contributed by atoms with Crippen molar-refractivity contribution in [3.63, 3.8) is 0 Å². The molecule has 0 aromatic carbocycles. The SMILES string of the molecule is Cc1ccc(CNC(=O)c2csc(C#CCN)c2)s1. The normalized spacial score (nSPS) is 9.79. The quantitative estimate of drug-likeness (QED) is 0.853. The van der Waals surface area contributed by atoms with Gasteiger partial charge in [-0.05, 0) is 25.1 Å². The molecule has 19 heavy (non-hydrogen) atoms. The highest BCUT2D eigenvalue weighted by atomic mass is 32.1. The summed E-state index contributed by atoms with van der Waals surface area (Å²) in [4.78, 5) is 15.2. The maximum atomic E-state index is 11.9. The fourth-order valence-corrected chi connectivity index (χ4v) is 3.09. The Hall–Kier alpha value is -1.61. The van der Waals surface area contributed by atoms with E-state index in [1.807, 2.05) is 11.4 Å². The van der Waals surface area contributed by atoms with Crippen molar-refractivity contribution in [2.45, 2.75) is 13.5 Å². The summed E-state index contributed by atoms with van der Waals surface area (Å²) < 4.78 is 0. The molecule has 0 aliphatic heterocycles. The average Bonchev–Trinajstić information content (AvgIpc) is 3.02. The van der Waals surface area contributed by atoms with Crippen LogP contribution in [0.4, 0.5) is 0 Å². The number of nitrogens with two attached hydrogens (primary N) is 1. The highest BCUT2D eigenvalue weighted by Gasteiger charge is 2.08. The number of nitrogens with one attached hydrogen (secondary N) is 1. The van der Waals surface area contributed by atoms with Crippen molar-refractivity contribution in [1.82, 2.24) is 5.32 Å². The van der Waals surface area contributed by atoms with Gasteiger partial charge in [0.2, 0.25) is 0 Å². The van der Waals surface area contributed by atoms with E-state index < -0.39 is 0 Å². The summed E-state index contributed by atoms with van der Waals surface area (Å²) in [6.45, 7) is 2.95. The van der Waals surface area contributed by atoms with Crippen LogP contribution < -0.4 is 11.1 Å². The molecule has 2 aromatic rings. The van der Waals surface area contributed by atoms with Crippen LogP contribution in [0.5, 0.6) is 0 Å². The minimum absolute atomic E-state index is 0.0666. The predicted octanol–water partition coefficient (Wildman–Crippen LogP) is 2.36. The second kappa shape index (κ2) is 6.53. The molecule has 0 radical (unpaired) electrons. The van der Waals surface area contributed by atoms with Gasteiger partial charge in [-0.25, -0.2) is 0 Å². The molecule has 98 valence electrons. The van der Waals surface area contributed by atoms with E-state index in [1.165, 1.54) is 16.2 Å². The Kier molecular flexibility index (Phi) is 4.74. The van der Waals surface area contributed by atoms with Gasteiger partial charge in [-0.2, -0.15) is 0 Å². The van der Waals surface area contributed by atoms with Gasteiger partial charge in [0.05, 0.1) is 23.5 Å². The second-order valence-corrected chi connectivity index (χ2v) is 6.18. The van der Waals surface area contributed by atoms with Gasteiger partial charge in [-0.15, -0.1) is 22.7 Å². The zero-order valence-corrected chi connectivity index (χ0v) is 12.2. The summed E-state index contributed by atoms with van der Waals surface area (Å²) in [7, 11) is 0. The molecule has 0 bridgehead atoms. The minimum Gasteiger partial charge on any atom is -0.347 e. The van der Waals surface area contributed by atoms with Gasteiger partial charge in [0, 0.05) is 15.1 Å². The lowest BCUT2D eigenvalue weighted by Crippen LogP contribution is -2.21. The molecule has 0 unspecified atom stereocenters. The third kappa shape index (κ3) is 3.93. The Morgan fingerprint density at radius 2 is 2.32 bits per heavy atom. The molecule has 0 saturated carbocycles. The summed E-state index contributed by atoms with van der Waals surface area (Å²) in [6, 6.07) is 5.88. The third-order valence-corrected chi connectivity index (χ3v) is 4.24. The van der Waals surface area contributed by atoms with Crippen LogP contribution in [0.2, 0.25) is 0 Å². The first-order valence-electron chi connectivity index (χ1n) is 5.80. The van der Waals surface area contributed by atoms with Gasteiger partial charge in [0.15, 0.2) is 0 Å². The molecule has 0 spiro atoms. The highest BCUT2D eigenvalue weighted by Crippen LogP contribution is 2.16. The van der Waals surface area contributed by atoms with E-state index in [-0.39, 0.29) is 5.91 Å².